The lowest BCUT2D eigenvalue weighted by Crippen LogP contribution is -2.47. The summed E-state index contributed by atoms with van der Waals surface area (Å²) >= 11 is 1.37. The monoisotopic (exact) mass is 271 g/mol. The molecule has 1 atom stereocenters. The molecule has 0 radical (unpaired) electrons. The van der Waals surface area contributed by atoms with E-state index >= 15 is 0 Å². The van der Waals surface area contributed by atoms with Gasteiger partial charge in [0.25, 0.3) is 0 Å². The minimum atomic E-state index is -1.57. The van der Waals surface area contributed by atoms with Crippen LogP contribution in [0.1, 0.15) is 26.5 Å². The molecule has 0 aliphatic heterocycles. The van der Waals surface area contributed by atoms with Gasteiger partial charge in [-0.05, 0) is 12.8 Å². The fourth-order valence-electron chi connectivity index (χ4n) is 1.79. The molecule has 1 aromatic rings. The van der Waals surface area contributed by atoms with Gasteiger partial charge < -0.3 is 9.84 Å². The Hall–Kier alpha value is -1.43. The second kappa shape index (κ2) is 5.95. The average molecular weight is 271 g/mol. The molecule has 1 heterocycles. The van der Waals surface area contributed by atoms with Gasteiger partial charge in [-0.15, -0.1) is 11.3 Å². The molecule has 0 amide bonds. The van der Waals surface area contributed by atoms with Crippen LogP contribution in [0.5, 0.6) is 0 Å². The zero-order chi connectivity index (χ0) is 13.8. The van der Waals surface area contributed by atoms with Gasteiger partial charge in [0.05, 0.1) is 17.8 Å². The first-order chi connectivity index (χ1) is 8.45. The Labute approximate surface area is 110 Å². The average Bonchev–Trinajstić information content (AvgIpc) is 2.77. The highest BCUT2D eigenvalue weighted by Gasteiger charge is 2.50. The molecular weight excluding hydrogens is 254 g/mol. The van der Waals surface area contributed by atoms with Gasteiger partial charge in [0.15, 0.2) is 5.41 Å². The Bertz CT molecular complexity index is 416. The van der Waals surface area contributed by atoms with Crippen molar-refractivity contribution in [2.75, 3.05) is 6.61 Å². The second-order valence-corrected chi connectivity index (χ2v) is 5.03. The normalized spacial score (nSPS) is 14.2. The van der Waals surface area contributed by atoms with Crippen molar-refractivity contribution in [1.82, 2.24) is 4.98 Å². The topological polar surface area (TPSA) is 76.5 Å². The molecule has 1 N–H and O–H groups in total. The maximum Gasteiger partial charge on any atom is 0.324 e. The summed E-state index contributed by atoms with van der Waals surface area (Å²) in [5, 5.41) is 11.2. The van der Waals surface area contributed by atoms with Crippen molar-refractivity contribution in [2.24, 2.45) is 11.3 Å². The molecule has 1 rings (SSSR count). The standard InChI is InChI=1S/C12H17NO4S/c1-4-17-11(16)12(8(2)3,10(14)15)5-9-6-18-7-13-9/h6-8H,4-5H2,1-3H3,(H,14,15). The lowest BCUT2D eigenvalue weighted by molar-refractivity contribution is -0.172. The summed E-state index contributed by atoms with van der Waals surface area (Å²) in [7, 11) is 0. The van der Waals surface area contributed by atoms with Crippen molar-refractivity contribution in [3.63, 3.8) is 0 Å². The number of aromatic nitrogens is 1. The first-order valence-corrected chi connectivity index (χ1v) is 6.67. The van der Waals surface area contributed by atoms with E-state index in [2.05, 4.69) is 4.98 Å². The van der Waals surface area contributed by atoms with Crippen LogP contribution in [0.15, 0.2) is 10.9 Å². The van der Waals surface area contributed by atoms with Crippen LogP contribution >= 0.6 is 11.3 Å². The third-order valence-corrected chi connectivity index (χ3v) is 3.59. The van der Waals surface area contributed by atoms with Crippen LogP contribution in [0.3, 0.4) is 0 Å². The quantitative estimate of drug-likeness (QED) is 0.632. The number of nitrogens with zero attached hydrogens (tertiary/aromatic N) is 1. The fraction of sp³-hybridized carbons (Fsp3) is 0.583. The fourth-order valence-corrected chi connectivity index (χ4v) is 2.35. The lowest BCUT2D eigenvalue weighted by atomic mass is 9.73. The van der Waals surface area contributed by atoms with Gasteiger partial charge in [0, 0.05) is 11.8 Å². The van der Waals surface area contributed by atoms with Crippen molar-refractivity contribution < 1.29 is 19.4 Å². The second-order valence-electron chi connectivity index (χ2n) is 4.31. The SMILES string of the molecule is CCOC(=O)C(Cc1cscn1)(C(=O)O)C(C)C. The number of ether oxygens (including phenoxy) is 1. The molecule has 6 heteroatoms. The van der Waals surface area contributed by atoms with Crippen LogP contribution < -0.4 is 0 Å². The van der Waals surface area contributed by atoms with E-state index < -0.39 is 17.4 Å². The van der Waals surface area contributed by atoms with Crippen molar-refractivity contribution in [1.29, 1.82) is 0 Å². The van der Waals surface area contributed by atoms with E-state index in [0.717, 1.165) is 0 Å². The van der Waals surface area contributed by atoms with Gasteiger partial charge in [0.1, 0.15) is 0 Å². The Morgan fingerprint density at radius 2 is 2.22 bits per heavy atom. The van der Waals surface area contributed by atoms with E-state index in [1.165, 1.54) is 11.3 Å². The minimum absolute atomic E-state index is 0.0579. The molecule has 0 fully saturated rings. The number of carbonyl (C=O) groups excluding carboxylic acids is 1. The van der Waals surface area contributed by atoms with Gasteiger partial charge in [-0.2, -0.15) is 0 Å². The number of hydrogen-bond donors (Lipinski definition) is 1. The molecule has 100 valence electrons. The summed E-state index contributed by atoms with van der Waals surface area (Å²) in [4.78, 5) is 27.7. The lowest BCUT2D eigenvalue weighted by Gasteiger charge is -2.30. The van der Waals surface area contributed by atoms with Crippen molar-refractivity contribution in [3.05, 3.63) is 16.6 Å². The Morgan fingerprint density at radius 3 is 2.61 bits per heavy atom. The van der Waals surface area contributed by atoms with Crippen molar-refractivity contribution in [2.45, 2.75) is 27.2 Å². The molecule has 5 nitrogen and oxygen atoms in total. The summed E-state index contributed by atoms with van der Waals surface area (Å²) in [6.45, 7) is 5.24. The summed E-state index contributed by atoms with van der Waals surface area (Å²) < 4.78 is 4.93. The van der Waals surface area contributed by atoms with Gasteiger partial charge >= 0.3 is 11.9 Å². The smallest absolute Gasteiger partial charge is 0.324 e. The van der Waals surface area contributed by atoms with Gasteiger partial charge in [0.2, 0.25) is 0 Å². The van der Waals surface area contributed by atoms with E-state index in [1.54, 1.807) is 31.7 Å². The predicted octanol–water partition coefficient (Wildman–Crippen LogP) is 1.98. The van der Waals surface area contributed by atoms with E-state index in [1.807, 2.05) is 0 Å². The maximum absolute atomic E-state index is 12.0. The number of thiazole rings is 1. The Balaban J connectivity index is 3.13. The van der Waals surface area contributed by atoms with Gasteiger partial charge in [-0.25, -0.2) is 4.98 Å². The molecule has 0 aliphatic rings. The van der Waals surface area contributed by atoms with Crippen LogP contribution in [0.4, 0.5) is 0 Å². The van der Waals surface area contributed by atoms with Gasteiger partial charge in [-0.1, -0.05) is 13.8 Å². The highest BCUT2D eigenvalue weighted by molar-refractivity contribution is 7.07. The number of aliphatic carboxylic acids is 1. The summed E-state index contributed by atoms with van der Waals surface area (Å²) in [6, 6.07) is 0. The third kappa shape index (κ3) is 2.69. The number of esters is 1. The zero-order valence-electron chi connectivity index (χ0n) is 10.7. The third-order valence-electron chi connectivity index (χ3n) is 2.95. The Morgan fingerprint density at radius 1 is 1.56 bits per heavy atom. The van der Waals surface area contributed by atoms with Crippen LogP contribution in [-0.2, 0) is 20.7 Å². The van der Waals surface area contributed by atoms with Crippen LogP contribution in [-0.4, -0.2) is 28.6 Å². The molecule has 18 heavy (non-hydrogen) atoms. The number of rotatable bonds is 6. The minimum Gasteiger partial charge on any atom is -0.480 e. The van der Waals surface area contributed by atoms with E-state index in [9.17, 15) is 14.7 Å². The molecule has 0 saturated heterocycles. The summed E-state index contributed by atoms with van der Waals surface area (Å²) in [6.07, 6.45) is 0.0579. The maximum atomic E-state index is 12.0. The molecule has 1 aromatic heterocycles. The predicted molar refractivity (Wildman–Crippen MR) is 67.4 cm³/mol. The molecule has 0 aromatic carbocycles. The molecule has 0 saturated carbocycles. The Kier molecular flexibility index (Phi) is 4.84. The molecule has 0 aliphatic carbocycles. The zero-order valence-corrected chi connectivity index (χ0v) is 11.5. The number of carboxylic acid groups (broad SMARTS) is 1. The molecule has 0 bridgehead atoms. The number of carbonyl (C=O) groups is 2. The highest BCUT2D eigenvalue weighted by atomic mass is 32.1. The first-order valence-electron chi connectivity index (χ1n) is 5.72. The summed E-state index contributed by atoms with van der Waals surface area (Å²) in [5.74, 6) is -2.24. The van der Waals surface area contributed by atoms with Crippen molar-refractivity contribution in [3.8, 4) is 0 Å². The first kappa shape index (κ1) is 14.6. The number of hydrogen-bond acceptors (Lipinski definition) is 5. The van der Waals surface area contributed by atoms with Crippen LogP contribution in [0.2, 0.25) is 0 Å². The van der Waals surface area contributed by atoms with Crippen LogP contribution in [0, 0.1) is 11.3 Å². The largest absolute Gasteiger partial charge is 0.480 e. The molecular formula is C12H17NO4S. The summed E-state index contributed by atoms with van der Waals surface area (Å²) in [5.41, 5.74) is 0.654. The van der Waals surface area contributed by atoms with E-state index in [4.69, 9.17) is 4.74 Å². The van der Waals surface area contributed by atoms with Crippen LogP contribution in [0.25, 0.3) is 0 Å². The van der Waals surface area contributed by atoms with Crippen molar-refractivity contribution >= 4 is 23.3 Å². The van der Waals surface area contributed by atoms with Gasteiger partial charge in [-0.3, -0.25) is 9.59 Å². The number of carboxylic acids is 1. The van der Waals surface area contributed by atoms with E-state index in [-0.39, 0.29) is 18.9 Å². The van der Waals surface area contributed by atoms with E-state index in [0.29, 0.717) is 5.69 Å². The molecule has 1 unspecified atom stereocenters. The highest BCUT2D eigenvalue weighted by Crippen LogP contribution is 2.34. The molecule has 0 spiro atoms.